The van der Waals surface area contributed by atoms with E-state index in [4.69, 9.17) is 10.5 Å². The number of rotatable bonds is 6. The molecular formula is C16H27N5O4Si. The van der Waals surface area contributed by atoms with Crippen LogP contribution in [0.2, 0.25) is 19.1 Å². The molecule has 10 heteroatoms. The Labute approximate surface area is 152 Å². The molecular weight excluding hydrogens is 354 g/mol. The number of ether oxygens (including phenoxy) is 1. The Morgan fingerprint density at radius 1 is 1.46 bits per heavy atom. The second-order valence-corrected chi connectivity index (χ2v) is 12.0. The van der Waals surface area contributed by atoms with E-state index in [0.717, 1.165) is 18.9 Å². The highest BCUT2D eigenvalue weighted by Crippen LogP contribution is 2.30. The molecule has 26 heavy (non-hydrogen) atoms. The minimum Gasteiger partial charge on any atom is -0.394 e. The lowest BCUT2D eigenvalue weighted by molar-refractivity contribution is -0.0432. The number of hydrogen-bond acceptors (Lipinski definition) is 7. The first-order valence-electron chi connectivity index (χ1n) is 9.00. The lowest BCUT2D eigenvalue weighted by atomic mass is 10.2. The molecule has 0 aliphatic carbocycles. The van der Waals surface area contributed by atoms with Gasteiger partial charge in [-0.1, -0.05) is 32.9 Å². The zero-order chi connectivity index (χ0) is 19.1. The van der Waals surface area contributed by atoms with Crippen molar-refractivity contribution in [3.63, 3.8) is 0 Å². The van der Waals surface area contributed by atoms with E-state index in [1.165, 1.54) is 6.33 Å². The van der Waals surface area contributed by atoms with Crippen LogP contribution in [0.5, 0.6) is 0 Å². The highest BCUT2D eigenvalue weighted by molar-refractivity contribution is 6.76. The van der Waals surface area contributed by atoms with Gasteiger partial charge in [-0.25, -0.2) is 4.98 Å². The van der Waals surface area contributed by atoms with Crippen LogP contribution in [0.25, 0.3) is 11.2 Å². The molecule has 1 aliphatic rings. The van der Waals surface area contributed by atoms with E-state index in [1.54, 1.807) is 8.80 Å². The van der Waals surface area contributed by atoms with Crippen LogP contribution in [0.15, 0.2) is 11.1 Å². The molecule has 0 bridgehead atoms. The third-order valence-electron chi connectivity index (χ3n) is 5.06. The van der Waals surface area contributed by atoms with Gasteiger partial charge in [-0.15, -0.1) is 0 Å². The molecule has 3 atom stereocenters. The molecule has 9 nitrogen and oxygen atoms in total. The van der Waals surface area contributed by atoms with Gasteiger partial charge < -0.3 is 24.9 Å². The third-order valence-corrected chi connectivity index (χ3v) is 8.28. The number of fused-ring (bicyclic) bond motifs is 1. The first kappa shape index (κ1) is 19.0. The number of aliphatic hydroxyl groups is 2. The lowest BCUT2D eigenvalue weighted by Gasteiger charge is -2.26. The van der Waals surface area contributed by atoms with Crippen molar-refractivity contribution in [1.82, 2.24) is 18.8 Å². The Morgan fingerprint density at radius 3 is 2.81 bits per heavy atom. The first-order valence-corrected chi connectivity index (χ1v) is 12.2. The third kappa shape index (κ3) is 3.17. The van der Waals surface area contributed by atoms with Crippen LogP contribution in [-0.4, -0.2) is 56.0 Å². The molecule has 3 heterocycles. The van der Waals surface area contributed by atoms with Crippen LogP contribution in [0.4, 0.5) is 5.95 Å². The fourth-order valence-corrected chi connectivity index (χ4v) is 6.32. The van der Waals surface area contributed by atoms with Crippen molar-refractivity contribution in [2.45, 2.75) is 63.8 Å². The quantitative estimate of drug-likeness (QED) is 0.627. The van der Waals surface area contributed by atoms with E-state index >= 15 is 0 Å². The summed E-state index contributed by atoms with van der Waals surface area (Å²) in [4.78, 5) is 21.7. The number of aliphatic hydroxyl groups excluding tert-OH is 2. The molecule has 0 amide bonds. The molecule has 2 aromatic rings. The molecule has 0 saturated carbocycles. The Bertz CT molecular complexity index is 849. The summed E-state index contributed by atoms with van der Waals surface area (Å²) in [5.74, 6) is 0.189. The number of nitrogens with two attached hydrogens (primary N) is 1. The molecule has 0 spiro atoms. The summed E-state index contributed by atoms with van der Waals surface area (Å²) in [6.07, 6.45) is 1.89. The number of unbranched alkanes of at least 4 members (excludes halogenated alkanes) is 1. The van der Waals surface area contributed by atoms with Crippen LogP contribution >= 0.6 is 0 Å². The summed E-state index contributed by atoms with van der Waals surface area (Å²) in [6.45, 7) is 6.06. The van der Waals surface area contributed by atoms with Gasteiger partial charge in [0.1, 0.15) is 12.3 Å². The second kappa shape index (κ2) is 7.10. The maximum Gasteiger partial charge on any atom is 0.275 e. The van der Waals surface area contributed by atoms with Gasteiger partial charge in [0.25, 0.3) is 5.56 Å². The van der Waals surface area contributed by atoms with Crippen molar-refractivity contribution in [2.24, 2.45) is 0 Å². The van der Waals surface area contributed by atoms with Crippen molar-refractivity contribution in [3.8, 4) is 0 Å². The molecule has 4 N–H and O–H groups in total. The Balaban J connectivity index is 2.04. The van der Waals surface area contributed by atoms with E-state index in [0.29, 0.717) is 5.65 Å². The highest BCUT2D eigenvalue weighted by atomic mass is 28.3. The average Bonchev–Trinajstić information content (AvgIpc) is 3.15. The van der Waals surface area contributed by atoms with Crippen molar-refractivity contribution < 1.29 is 14.9 Å². The molecule has 1 aliphatic heterocycles. The Morgan fingerprint density at radius 2 is 2.19 bits per heavy atom. The van der Waals surface area contributed by atoms with Crippen LogP contribution in [-0.2, 0) is 4.74 Å². The minimum atomic E-state index is -2.09. The molecule has 1 saturated heterocycles. The zero-order valence-electron chi connectivity index (χ0n) is 15.4. The van der Waals surface area contributed by atoms with Gasteiger partial charge in [-0.2, -0.15) is 4.98 Å². The Hall–Kier alpha value is -1.75. The second-order valence-electron chi connectivity index (χ2n) is 7.47. The number of anilines is 1. The maximum atomic E-state index is 13.0. The summed E-state index contributed by atoms with van der Waals surface area (Å²) in [6, 6.07) is 0.942. The number of aromatic nitrogens is 4. The first-order chi connectivity index (χ1) is 12.3. The van der Waals surface area contributed by atoms with Crippen LogP contribution in [0.3, 0.4) is 0 Å². The molecule has 0 unspecified atom stereocenters. The molecule has 3 rings (SSSR count). The number of hydrogen-bond donors (Lipinski definition) is 3. The van der Waals surface area contributed by atoms with Gasteiger partial charge in [0.15, 0.2) is 25.3 Å². The van der Waals surface area contributed by atoms with E-state index in [2.05, 4.69) is 30.0 Å². The van der Waals surface area contributed by atoms with E-state index in [9.17, 15) is 15.0 Å². The predicted octanol–water partition coefficient (Wildman–Crippen LogP) is 0.669. The summed E-state index contributed by atoms with van der Waals surface area (Å²) >= 11 is 0. The largest absolute Gasteiger partial charge is 0.394 e. The highest BCUT2D eigenvalue weighted by Gasteiger charge is 2.36. The van der Waals surface area contributed by atoms with Gasteiger partial charge in [0, 0.05) is 6.42 Å². The van der Waals surface area contributed by atoms with Crippen LogP contribution in [0, 0.1) is 0 Å². The summed E-state index contributed by atoms with van der Waals surface area (Å²) in [5.41, 5.74) is 6.54. The van der Waals surface area contributed by atoms with E-state index < -0.39 is 26.7 Å². The van der Waals surface area contributed by atoms with Gasteiger partial charge in [-0.05, 0) is 6.04 Å². The van der Waals surface area contributed by atoms with Crippen molar-refractivity contribution in [1.29, 1.82) is 0 Å². The predicted molar refractivity (Wildman–Crippen MR) is 100 cm³/mol. The number of nitrogen functional groups attached to an aromatic ring is 1. The fraction of sp³-hybridized carbons (Fsp3) is 0.688. The molecule has 0 aromatic carbocycles. The summed E-state index contributed by atoms with van der Waals surface area (Å²) in [7, 11) is -2.09. The summed E-state index contributed by atoms with van der Waals surface area (Å²) in [5, 5.41) is 19.2. The smallest absolute Gasteiger partial charge is 0.275 e. The number of imidazole rings is 1. The van der Waals surface area contributed by atoms with Crippen molar-refractivity contribution >= 4 is 25.3 Å². The van der Waals surface area contributed by atoms with Gasteiger partial charge in [0.2, 0.25) is 0 Å². The topological polar surface area (TPSA) is 128 Å². The van der Waals surface area contributed by atoms with Crippen molar-refractivity contribution in [3.05, 3.63) is 16.7 Å². The lowest BCUT2D eigenvalue weighted by Crippen LogP contribution is -2.45. The molecule has 1 fully saturated rings. The normalized spacial score (nSPS) is 23.8. The van der Waals surface area contributed by atoms with Crippen LogP contribution < -0.4 is 11.3 Å². The molecule has 2 aromatic heterocycles. The van der Waals surface area contributed by atoms with E-state index in [-0.39, 0.29) is 30.1 Å². The Kier molecular flexibility index (Phi) is 5.20. The van der Waals surface area contributed by atoms with E-state index in [1.807, 2.05) is 0 Å². The summed E-state index contributed by atoms with van der Waals surface area (Å²) < 4.78 is 8.90. The number of nitrogens with zero attached hydrogens (tertiary/aromatic N) is 4. The minimum absolute atomic E-state index is 0.189. The molecule has 0 radical (unpaired) electrons. The monoisotopic (exact) mass is 381 g/mol. The average molecular weight is 382 g/mol. The molecule has 144 valence electrons. The van der Waals surface area contributed by atoms with Gasteiger partial charge >= 0.3 is 0 Å². The van der Waals surface area contributed by atoms with Crippen molar-refractivity contribution in [2.75, 3.05) is 12.3 Å². The standard InChI is InChI=1S/C16H27N5O4Si/c1-4-5-6-26(2,3)21-15(24)13-14(19-16(21)17)20(9-18-13)12-7-10(23)11(8-22)25-12/h9-12,22-23H,4-8H2,1-3H3,(H2,17,19)/t10-,11+,12+/m0/s1. The van der Waals surface area contributed by atoms with Gasteiger partial charge in [0.05, 0.1) is 19.0 Å². The zero-order valence-corrected chi connectivity index (χ0v) is 16.4. The van der Waals surface area contributed by atoms with Crippen LogP contribution in [0.1, 0.15) is 32.4 Å². The maximum absolute atomic E-state index is 13.0. The SMILES string of the molecule is CCCC[Si](C)(C)n1c(N)nc2c(ncn2[C@H]2C[C@H](O)[C@@H](CO)O2)c1=O. The van der Waals surface area contributed by atoms with Gasteiger partial charge in [-0.3, -0.25) is 9.36 Å². The fourth-order valence-electron chi connectivity index (χ4n) is 3.55.